The van der Waals surface area contributed by atoms with Crippen molar-refractivity contribution in [2.45, 2.75) is 33.3 Å². The summed E-state index contributed by atoms with van der Waals surface area (Å²) in [5.41, 5.74) is 3.77. The molecule has 1 aromatic heterocycles. The smallest absolute Gasteiger partial charge is 0.265 e. The van der Waals surface area contributed by atoms with Crippen LogP contribution in [0.25, 0.3) is 0 Å². The number of rotatable bonds is 4. The first-order valence-corrected chi connectivity index (χ1v) is 12.9. The van der Waals surface area contributed by atoms with E-state index in [-0.39, 0.29) is 35.5 Å². The quantitative estimate of drug-likeness (QED) is 0.368. The molecule has 0 N–H and O–H groups in total. The van der Waals surface area contributed by atoms with Gasteiger partial charge in [0, 0.05) is 43.6 Å². The number of carbonyl (C=O) groups is 3. The lowest BCUT2D eigenvalue weighted by Crippen LogP contribution is -2.59. The molecule has 1 heterocycles. The molecule has 3 aromatic rings. The van der Waals surface area contributed by atoms with Crippen LogP contribution in [-0.4, -0.2) is 36.6 Å². The number of aryl methyl sites for hydroxylation is 1. The Hall–Kier alpha value is -4.00. The van der Waals surface area contributed by atoms with Crippen molar-refractivity contribution >= 4 is 23.0 Å². The highest BCUT2D eigenvalue weighted by Gasteiger charge is 2.63. The first-order valence-electron chi connectivity index (χ1n) is 12.9. The topological polar surface area (TPSA) is 89.7 Å². The minimum absolute atomic E-state index is 0.0841. The fourth-order valence-electron chi connectivity index (χ4n) is 6.71. The zero-order valence-corrected chi connectivity index (χ0v) is 22.0. The number of Topliss-reactive ketones (excluding diaryl/α,β-unsaturated/α-hetero) is 3. The standard InChI is InChI=1S/C31H30N2O5/c1-16-11-12-22(33(4)5)20-13-19-17(2)21-14-23-26(30(32-38-23)37-15-18-9-7-6-8-10-18)29(36)31(21,3)28(35)25(19)27(34)24(16)20/h6-12,19,21,25H,2,13-15H2,1,3-5H3. The van der Waals surface area contributed by atoms with Gasteiger partial charge in [0.25, 0.3) is 5.88 Å². The number of carbonyl (C=O) groups excluding carboxylic acids is 3. The van der Waals surface area contributed by atoms with E-state index in [9.17, 15) is 14.4 Å². The van der Waals surface area contributed by atoms with Gasteiger partial charge in [0.15, 0.2) is 23.1 Å². The van der Waals surface area contributed by atoms with E-state index < -0.39 is 23.0 Å². The van der Waals surface area contributed by atoms with Crippen LogP contribution in [0.15, 0.2) is 59.1 Å². The Bertz CT molecular complexity index is 1520. The van der Waals surface area contributed by atoms with Crippen molar-refractivity contribution in [3.63, 3.8) is 0 Å². The van der Waals surface area contributed by atoms with Gasteiger partial charge in [-0.3, -0.25) is 14.4 Å². The number of benzene rings is 2. The molecule has 0 bridgehead atoms. The minimum atomic E-state index is -1.44. The van der Waals surface area contributed by atoms with Crippen molar-refractivity contribution in [1.29, 1.82) is 0 Å². The van der Waals surface area contributed by atoms with Crippen LogP contribution in [0, 0.1) is 30.1 Å². The average Bonchev–Trinajstić information content (AvgIpc) is 3.31. The highest BCUT2D eigenvalue weighted by atomic mass is 16.5. The Labute approximate surface area is 221 Å². The zero-order chi connectivity index (χ0) is 26.9. The van der Waals surface area contributed by atoms with Crippen molar-refractivity contribution in [3.05, 3.63) is 88.2 Å². The summed E-state index contributed by atoms with van der Waals surface area (Å²) >= 11 is 0. The Kier molecular flexibility index (Phi) is 5.45. The molecule has 4 unspecified atom stereocenters. The number of aromatic nitrogens is 1. The summed E-state index contributed by atoms with van der Waals surface area (Å²) in [6, 6.07) is 13.5. The Morgan fingerprint density at radius 1 is 1.08 bits per heavy atom. The van der Waals surface area contributed by atoms with Gasteiger partial charge >= 0.3 is 0 Å². The average molecular weight is 511 g/mol. The number of fused-ring (bicyclic) bond motifs is 4. The number of allylic oxidation sites excluding steroid dienone is 1. The SMILES string of the molecule is C=C1C2Cc3c(N(C)C)ccc(C)c3C(=O)C2C(=O)C2(C)C(=O)c3c(OCc4ccccc4)noc3CC12. The molecule has 2 aromatic carbocycles. The number of nitrogens with zero attached hydrogens (tertiary/aromatic N) is 2. The summed E-state index contributed by atoms with van der Waals surface area (Å²) < 4.78 is 11.5. The van der Waals surface area contributed by atoms with Crippen LogP contribution < -0.4 is 9.64 Å². The third kappa shape index (κ3) is 3.27. The van der Waals surface area contributed by atoms with Crippen molar-refractivity contribution in [2.75, 3.05) is 19.0 Å². The maximum Gasteiger partial charge on any atom is 0.265 e. The first kappa shape index (κ1) is 24.3. The molecule has 1 fully saturated rings. The van der Waals surface area contributed by atoms with Gasteiger partial charge < -0.3 is 14.2 Å². The van der Waals surface area contributed by atoms with Crippen LogP contribution in [0.2, 0.25) is 0 Å². The monoisotopic (exact) mass is 510 g/mol. The molecule has 38 heavy (non-hydrogen) atoms. The highest BCUT2D eigenvalue weighted by molar-refractivity contribution is 6.25. The molecule has 0 aliphatic heterocycles. The van der Waals surface area contributed by atoms with Crippen LogP contribution in [0.4, 0.5) is 5.69 Å². The van der Waals surface area contributed by atoms with Crippen LogP contribution in [0.5, 0.6) is 5.88 Å². The molecule has 1 saturated carbocycles. The minimum Gasteiger partial charge on any atom is -0.470 e. The molecular formula is C31H30N2O5. The van der Waals surface area contributed by atoms with Gasteiger partial charge in [0.2, 0.25) is 0 Å². The van der Waals surface area contributed by atoms with E-state index in [0.717, 1.165) is 28.0 Å². The highest BCUT2D eigenvalue weighted by Crippen LogP contribution is 2.56. The number of ketones is 3. The molecule has 7 heteroatoms. The molecule has 0 spiro atoms. The molecule has 3 aliphatic carbocycles. The molecule has 0 radical (unpaired) electrons. The van der Waals surface area contributed by atoms with E-state index in [1.165, 1.54) is 0 Å². The molecule has 7 nitrogen and oxygen atoms in total. The lowest BCUT2D eigenvalue weighted by molar-refractivity contribution is -0.134. The third-order valence-electron chi connectivity index (χ3n) is 8.79. The number of ether oxygens (including phenoxy) is 1. The third-order valence-corrected chi connectivity index (χ3v) is 8.79. The number of anilines is 1. The van der Waals surface area contributed by atoms with E-state index in [1.54, 1.807) is 6.92 Å². The Morgan fingerprint density at radius 3 is 2.53 bits per heavy atom. The van der Waals surface area contributed by atoms with Crippen LogP contribution in [0.3, 0.4) is 0 Å². The normalized spacial score (nSPS) is 25.8. The van der Waals surface area contributed by atoms with Gasteiger partial charge in [0.1, 0.15) is 12.2 Å². The maximum atomic E-state index is 14.3. The Balaban J connectivity index is 1.40. The van der Waals surface area contributed by atoms with E-state index in [1.807, 2.05) is 68.4 Å². The summed E-state index contributed by atoms with van der Waals surface area (Å²) in [6.07, 6.45) is 0.837. The number of hydrogen-bond acceptors (Lipinski definition) is 7. The van der Waals surface area contributed by atoms with E-state index in [2.05, 4.69) is 11.7 Å². The van der Waals surface area contributed by atoms with E-state index in [0.29, 0.717) is 24.2 Å². The number of hydrogen-bond donors (Lipinski definition) is 0. The summed E-state index contributed by atoms with van der Waals surface area (Å²) in [6.45, 7) is 8.16. The van der Waals surface area contributed by atoms with Crippen molar-refractivity contribution in [2.24, 2.45) is 23.2 Å². The largest absolute Gasteiger partial charge is 0.470 e. The molecule has 4 atom stereocenters. The van der Waals surface area contributed by atoms with Gasteiger partial charge in [0.05, 0.1) is 11.3 Å². The lowest BCUT2D eigenvalue weighted by atomic mass is 9.49. The summed E-state index contributed by atoms with van der Waals surface area (Å²) in [4.78, 5) is 44.4. The van der Waals surface area contributed by atoms with Gasteiger partial charge in [-0.15, -0.1) is 0 Å². The molecule has 0 saturated heterocycles. The van der Waals surface area contributed by atoms with E-state index >= 15 is 0 Å². The van der Waals surface area contributed by atoms with Crippen LogP contribution in [0.1, 0.15) is 50.1 Å². The predicted octanol–water partition coefficient (Wildman–Crippen LogP) is 4.80. The second kappa shape index (κ2) is 8.51. The molecule has 194 valence electrons. The summed E-state index contributed by atoms with van der Waals surface area (Å²) in [5, 5.41) is 4.05. The second-order valence-corrected chi connectivity index (χ2v) is 11.1. The second-order valence-electron chi connectivity index (χ2n) is 11.1. The maximum absolute atomic E-state index is 14.3. The molecule has 0 amide bonds. The lowest BCUT2D eigenvalue weighted by Gasteiger charge is -2.50. The molecule has 6 rings (SSSR count). The predicted molar refractivity (Wildman–Crippen MR) is 142 cm³/mol. The van der Waals surface area contributed by atoms with E-state index in [4.69, 9.17) is 9.26 Å². The van der Waals surface area contributed by atoms with Crippen molar-refractivity contribution in [1.82, 2.24) is 5.16 Å². The fourth-order valence-corrected chi connectivity index (χ4v) is 6.71. The molecular weight excluding hydrogens is 480 g/mol. The fraction of sp³-hybridized carbons (Fsp3) is 0.355. The summed E-state index contributed by atoms with van der Waals surface area (Å²) in [5.74, 6) is -2.26. The van der Waals surface area contributed by atoms with Crippen molar-refractivity contribution < 1.29 is 23.6 Å². The summed E-state index contributed by atoms with van der Waals surface area (Å²) in [7, 11) is 3.89. The Morgan fingerprint density at radius 2 is 1.82 bits per heavy atom. The van der Waals surface area contributed by atoms with Gasteiger partial charge in [-0.1, -0.05) is 48.6 Å². The van der Waals surface area contributed by atoms with Crippen LogP contribution in [-0.2, 0) is 24.2 Å². The van der Waals surface area contributed by atoms with Crippen molar-refractivity contribution in [3.8, 4) is 5.88 Å². The van der Waals surface area contributed by atoms with Crippen LogP contribution >= 0.6 is 0 Å². The van der Waals surface area contributed by atoms with Gasteiger partial charge in [-0.05, 0) is 48.2 Å². The molecule has 3 aliphatic rings. The van der Waals surface area contributed by atoms with Gasteiger partial charge in [-0.25, -0.2) is 0 Å². The zero-order valence-electron chi connectivity index (χ0n) is 22.0. The van der Waals surface area contributed by atoms with Gasteiger partial charge in [-0.2, -0.15) is 0 Å². The first-order chi connectivity index (χ1) is 18.1.